The lowest BCUT2D eigenvalue weighted by Crippen LogP contribution is -2.49. The van der Waals surface area contributed by atoms with Gasteiger partial charge in [-0.05, 0) is 48.9 Å². The van der Waals surface area contributed by atoms with E-state index in [1.807, 2.05) is 11.4 Å². The Kier molecular flexibility index (Phi) is 4.98. The van der Waals surface area contributed by atoms with Crippen LogP contribution in [0.2, 0.25) is 5.02 Å². The Labute approximate surface area is 144 Å². The molecule has 1 aliphatic rings. The molecule has 2 aromatic rings. The summed E-state index contributed by atoms with van der Waals surface area (Å²) in [4.78, 5) is 27.6. The predicted octanol–water partition coefficient (Wildman–Crippen LogP) is 4.03. The summed E-state index contributed by atoms with van der Waals surface area (Å²) in [5, 5.41) is 5.31. The van der Waals surface area contributed by atoms with E-state index in [2.05, 4.69) is 5.32 Å². The Bertz CT molecular complexity index is 702. The van der Waals surface area contributed by atoms with Crippen molar-refractivity contribution in [1.82, 2.24) is 4.90 Å². The number of benzene rings is 1. The molecule has 6 heteroatoms. The number of nitrogens with zero attached hydrogens (tertiary/aromatic N) is 1. The van der Waals surface area contributed by atoms with Crippen molar-refractivity contribution in [3.63, 3.8) is 0 Å². The molecule has 1 atom stereocenters. The van der Waals surface area contributed by atoms with Crippen LogP contribution < -0.4 is 5.32 Å². The normalized spacial score (nSPS) is 17.8. The summed E-state index contributed by atoms with van der Waals surface area (Å²) >= 11 is 7.35. The van der Waals surface area contributed by atoms with Crippen LogP contribution in [-0.4, -0.2) is 29.3 Å². The average molecular weight is 349 g/mol. The van der Waals surface area contributed by atoms with E-state index in [9.17, 15) is 9.59 Å². The minimum absolute atomic E-state index is 0.0639. The summed E-state index contributed by atoms with van der Waals surface area (Å²) in [5.74, 6) is -0.220. The monoisotopic (exact) mass is 348 g/mol. The lowest BCUT2D eigenvalue weighted by molar-refractivity contribution is -0.121. The van der Waals surface area contributed by atoms with Crippen LogP contribution in [0, 0.1) is 0 Å². The highest BCUT2D eigenvalue weighted by atomic mass is 35.5. The van der Waals surface area contributed by atoms with Crippen LogP contribution in [0.15, 0.2) is 41.8 Å². The largest absolute Gasteiger partial charge is 0.326 e. The molecule has 1 saturated heterocycles. The second-order valence-corrected chi connectivity index (χ2v) is 6.87. The summed E-state index contributed by atoms with van der Waals surface area (Å²) in [6.45, 7) is 0.615. The second kappa shape index (κ2) is 7.15. The number of piperidine rings is 1. The maximum absolute atomic E-state index is 12.6. The van der Waals surface area contributed by atoms with Gasteiger partial charge in [-0.1, -0.05) is 23.7 Å². The zero-order chi connectivity index (χ0) is 16.2. The fourth-order valence-electron chi connectivity index (χ4n) is 2.78. The molecule has 2 heterocycles. The summed E-state index contributed by atoms with van der Waals surface area (Å²) in [5.41, 5.74) is 0.650. The van der Waals surface area contributed by atoms with Crippen molar-refractivity contribution < 1.29 is 9.59 Å². The Morgan fingerprint density at radius 3 is 2.83 bits per heavy atom. The second-order valence-electron chi connectivity index (χ2n) is 5.49. The first kappa shape index (κ1) is 16.0. The SMILES string of the molecule is O=C(Nc1cccc(Cl)c1)[C@H]1CCCCN1C(=O)c1cccs1. The standard InChI is InChI=1S/C17H17ClN2O2S/c18-12-5-3-6-13(11-12)19-16(21)14-7-1-2-9-20(14)17(22)15-8-4-10-23-15/h3-6,8,10-11,14H,1-2,7,9H2,(H,19,21)/t14-/m1/s1. The fourth-order valence-corrected chi connectivity index (χ4v) is 3.65. The number of amides is 2. The van der Waals surface area contributed by atoms with E-state index in [1.54, 1.807) is 35.2 Å². The van der Waals surface area contributed by atoms with Crippen LogP contribution in [0.3, 0.4) is 0 Å². The number of rotatable bonds is 3. The first-order chi connectivity index (χ1) is 11.1. The van der Waals surface area contributed by atoms with E-state index in [-0.39, 0.29) is 11.8 Å². The van der Waals surface area contributed by atoms with Crippen LogP contribution in [0.4, 0.5) is 5.69 Å². The number of thiophene rings is 1. The van der Waals surface area contributed by atoms with E-state index in [0.717, 1.165) is 12.8 Å². The van der Waals surface area contributed by atoms with Crippen LogP contribution in [-0.2, 0) is 4.79 Å². The predicted molar refractivity (Wildman–Crippen MR) is 93.1 cm³/mol. The molecule has 0 radical (unpaired) electrons. The van der Waals surface area contributed by atoms with Crippen LogP contribution in [0.25, 0.3) is 0 Å². The third-order valence-corrected chi connectivity index (χ3v) is 4.98. The molecule has 2 amide bonds. The number of hydrogen-bond donors (Lipinski definition) is 1. The summed E-state index contributed by atoms with van der Waals surface area (Å²) in [6.07, 6.45) is 2.56. The number of anilines is 1. The van der Waals surface area contributed by atoms with Crippen molar-refractivity contribution in [2.24, 2.45) is 0 Å². The quantitative estimate of drug-likeness (QED) is 0.910. The zero-order valence-electron chi connectivity index (χ0n) is 12.5. The maximum Gasteiger partial charge on any atom is 0.264 e. The lowest BCUT2D eigenvalue weighted by Gasteiger charge is -2.34. The summed E-state index contributed by atoms with van der Waals surface area (Å²) < 4.78 is 0. The van der Waals surface area contributed by atoms with Gasteiger partial charge in [-0.15, -0.1) is 11.3 Å². The van der Waals surface area contributed by atoms with Crippen molar-refractivity contribution in [1.29, 1.82) is 0 Å². The number of carbonyl (C=O) groups is 2. The van der Waals surface area contributed by atoms with Crippen molar-refractivity contribution in [3.8, 4) is 0 Å². The van der Waals surface area contributed by atoms with E-state index >= 15 is 0 Å². The minimum atomic E-state index is -0.433. The molecule has 3 rings (SSSR count). The first-order valence-corrected chi connectivity index (χ1v) is 8.82. The number of carbonyl (C=O) groups excluding carboxylic acids is 2. The molecule has 0 unspecified atom stereocenters. The molecule has 1 N–H and O–H groups in total. The summed E-state index contributed by atoms with van der Waals surface area (Å²) in [7, 11) is 0. The Hall–Kier alpha value is -1.85. The lowest BCUT2D eigenvalue weighted by atomic mass is 10.0. The number of likely N-dealkylation sites (tertiary alicyclic amines) is 1. The molecular formula is C17H17ClN2O2S. The van der Waals surface area contributed by atoms with Gasteiger partial charge in [0.1, 0.15) is 6.04 Å². The molecule has 4 nitrogen and oxygen atoms in total. The van der Waals surface area contributed by atoms with Gasteiger partial charge >= 0.3 is 0 Å². The van der Waals surface area contributed by atoms with Crippen molar-refractivity contribution in [2.75, 3.05) is 11.9 Å². The number of nitrogens with one attached hydrogen (secondary N) is 1. The topological polar surface area (TPSA) is 49.4 Å². The Morgan fingerprint density at radius 1 is 1.22 bits per heavy atom. The Morgan fingerprint density at radius 2 is 2.09 bits per heavy atom. The highest BCUT2D eigenvalue weighted by Crippen LogP contribution is 2.23. The molecule has 1 aromatic heterocycles. The van der Waals surface area contributed by atoms with Gasteiger partial charge < -0.3 is 10.2 Å². The van der Waals surface area contributed by atoms with E-state index in [1.165, 1.54) is 11.3 Å². The average Bonchev–Trinajstić information content (AvgIpc) is 3.08. The van der Waals surface area contributed by atoms with Gasteiger partial charge in [-0.3, -0.25) is 9.59 Å². The first-order valence-electron chi connectivity index (χ1n) is 7.56. The third kappa shape index (κ3) is 3.74. The molecule has 0 spiro atoms. The van der Waals surface area contributed by atoms with Gasteiger partial charge in [0.25, 0.3) is 5.91 Å². The molecule has 120 valence electrons. The fraction of sp³-hybridized carbons (Fsp3) is 0.294. The number of halogens is 1. The van der Waals surface area contributed by atoms with Crippen molar-refractivity contribution in [3.05, 3.63) is 51.7 Å². The van der Waals surface area contributed by atoms with E-state index in [4.69, 9.17) is 11.6 Å². The smallest absolute Gasteiger partial charge is 0.264 e. The maximum atomic E-state index is 12.6. The van der Waals surface area contributed by atoms with Crippen LogP contribution in [0.1, 0.15) is 28.9 Å². The highest BCUT2D eigenvalue weighted by Gasteiger charge is 2.33. The molecule has 0 bridgehead atoms. The molecule has 0 aliphatic carbocycles. The van der Waals surface area contributed by atoms with Gasteiger partial charge in [-0.2, -0.15) is 0 Å². The molecule has 23 heavy (non-hydrogen) atoms. The highest BCUT2D eigenvalue weighted by molar-refractivity contribution is 7.12. The van der Waals surface area contributed by atoms with E-state index in [0.29, 0.717) is 28.6 Å². The summed E-state index contributed by atoms with van der Waals surface area (Å²) in [6, 6.07) is 10.2. The van der Waals surface area contributed by atoms with Gasteiger partial charge in [0.2, 0.25) is 5.91 Å². The van der Waals surface area contributed by atoms with Crippen LogP contribution >= 0.6 is 22.9 Å². The van der Waals surface area contributed by atoms with Crippen LogP contribution in [0.5, 0.6) is 0 Å². The van der Waals surface area contributed by atoms with Gasteiger partial charge in [0.15, 0.2) is 0 Å². The van der Waals surface area contributed by atoms with Crippen molar-refractivity contribution in [2.45, 2.75) is 25.3 Å². The molecule has 1 fully saturated rings. The zero-order valence-corrected chi connectivity index (χ0v) is 14.1. The molecular weight excluding hydrogens is 332 g/mol. The molecule has 1 aromatic carbocycles. The number of hydrogen-bond acceptors (Lipinski definition) is 3. The molecule has 1 aliphatic heterocycles. The van der Waals surface area contributed by atoms with Gasteiger partial charge in [0.05, 0.1) is 4.88 Å². The molecule has 0 saturated carbocycles. The Balaban J connectivity index is 1.75. The van der Waals surface area contributed by atoms with Crippen molar-refractivity contribution >= 4 is 40.4 Å². The third-order valence-electron chi connectivity index (χ3n) is 3.89. The van der Waals surface area contributed by atoms with Gasteiger partial charge in [-0.25, -0.2) is 0 Å². The van der Waals surface area contributed by atoms with E-state index < -0.39 is 6.04 Å². The van der Waals surface area contributed by atoms with Gasteiger partial charge in [0, 0.05) is 17.3 Å². The minimum Gasteiger partial charge on any atom is -0.326 e.